The minimum Gasteiger partial charge on any atom is -0.343 e. The van der Waals surface area contributed by atoms with Crippen molar-refractivity contribution in [3.05, 3.63) is 60.4 Å². The SMILES string of the molecule is CC1C(=O)N(c2cccc(C#N)c2)c2cnc(Nc3ccc4[nH]ncc4c3)nc2N1CC1CCC1. The summed E-state index contributed by atoms with van der Waals surface area (Å²) < 4.78 is 0. The zero-order chi connectivity index (χ0) is 23.9. The van der Waals surface area contributed by atoms with Crippen molar-refractivity contribution in [2.75, 3.05) is 21.7 Å². The van der Waals surface area contributed by atoms with Gasteiger partial charge in [-0.3, -0.25) is 14.8 Å². The number of rotatable bonds is 5. The van der Waals surface area contributed by atoms with E-state index in [1.807, 2.05) is 31.2 Å². The van der Waals surface area contributed by atoms with Crippen molar-refractivity contribution in [3.63, 3.8) is 0 Å². The first-order chi connectivity index (χ1) is 17.1. The highest BCUT2D eigenvalue weighted by atomic mass is 16.2. The van der Waals surface area contributed by atoms with Crippen LogP contribution in [0.1, 0.15) is 31.7 Å². The molecule has 9 nitrogen and oxygen atoms in total. The summed E-state index contributed by atoms with van der Waals surface area (Å²) in [6, 6.07) is 14.7. The molecule has 0 saturated heterocycles. The standard InChI is InChI=1S/C26H24N8O/c1-16-25(35)34(21-7-3-6-18(10-21)12-27)23-14-28-26(31-24(23)33(16)15-17-4-2-5-17)30-20-8-9-22-19(11-20)13-29-32-22/h3,6-11,13-14,16-17H,2,4-5,15H2,1H3,(H,29,32)(H,28,30,31). The lowest BCUT2D eigenvalue weighted by Gasteiger charge is -2.43. The number of nitrogens with one attached hydrogen (secondary N) is 2. The number of hydrogen-bond acceptors (Lipinski definition) is 7. The van der Waals surface area contributed by atoms with E-state index in [-0.39, 0.29) is 11.9 Å². The largest absolute Gasteiger partial charge is 0.343 e. The lowest BCUT2D eigenvalue weighted by atomic mass is 9.84. The van der Waals surface area contributed by atoms with Crippen molar-refractivity contribution in [2.45, 2.75) is 32.2 Å². The Morgan fingerprint density at radius 3 is 2.89 bits per heavy atom. The molecule has 174 valence electrons. The van der Waals surface area contributed by atoms with Crippen molar-refractivity contribution in [1.82, 2.24) is 20.2 Å². The highest BCUT2D eigenvalue weighted by Crippen LogP contribution is 2.41. The summed E-state index contributed by atoms with van der Waals surface area (Å²) in [5.41, 5.74) is 3.56. The summed E-state index contributed by atoms with van der Waals surface area (Å²) in [4.78, 5) is 26.8. The van der Waals surface area contributed by atoms with E-state index in [9.17, 15) is 10.1 Å². The van der Waals surface area contributed by atoms with Crippen molar-refractivity contribution >= 4 is 45.6 Å². The highest BCUT2D eigenvalue weighted by molar-refractivity contribution is 6.09. The number of nitriles is 1. The predicted molar refractivity (Wildman–Crippen MR) is 134 cm³/mol. The summed E-state index contributed by atoms with van der Waals surface area (Å²) in [6.45, 7) is 2.70. The topological polar surface area (TPSA) is 114 Å². The van der Waals surface area contributed by atoms with Gasteiger partial charge in [-0.25, -0.2) is 4.98 Å². The molecule has 1 aliphatic heterocycles. The molecule has 2 aromatic carbocycles. The van der Waals surface area contributed by atoms with Crippen molar-refractivity contribution in [3.8, 4) is 6.07 Å². The maximum Gasteiger partial charge on any atom is 0.254 e. The highest BCUT2D eigenvalue weighted by Gasteiger charge is 2.39. The number of fused-ring (bicyclic) bond motifs is 2. The van der Waals surface area contributed by atoms with Gasteiger partial charge in [0.2, 0.25) is 5.95 Å². The van der Waals surface area contributed by atoms with E-state index in [0.717, 1.165) is 23.1 Å². The van der Waals surface area contributed by atoms with Gasteiger partial charge < -0.3 is 10.2 Å². The molecule has 6 rings (SSSR count). The first-order valence-electron chi connectivity index (χ1n) is 11.8. The lowest BCUT2D eigenvalue weighted by Crippen LogP contribution is -2.52. The van der Waals surface area contributed by atoms with Crippen molar-refractivity contribution < 1.29 is 4.79 Å². The van der Waals surface area contributed by atoms with Gasteiger partial charge in [0.25, 0.3) is 5.91 Å². The fourth-order valence-electron chi connectivity index (χ4n) is 4.75. The van der Waals surface area contributed by atoms with Crippen LogP contribution in [0.4, 0.5) is 28.8 Å². The fourth-order valence-corrected chi connectivity index (χ4v) is 4.75. The Morgan fingerprint density at radius 2 is 2.09 bits per heavy atom. The number of hydrogen-bond donors (Lipinski definition) is 2. The van der Waals surface area contributed by atoms with E-state index >= 15 is 0 Å². The van der Waals surface area contributed by atoms with Crippen LogP contribution in [0.15, 0.2) is 54.9 Å². The normalized spacial score (nSPS) is 17.7. The number of benzene rings is 2. The molecule has 1 saturated carbocycles. The number of carbonyl (C=O) groups is 1. The number of aromatic amines is 1. The molecule has 1 unspecified atom stereocenters. The number of aromatic nitrogens is 4. The van der Waals surface area contributed by atoms with Gasteiger partial charge >= 0.3 is 0 Å². The molecule has 1 amide bonds. The third kappa shape index (κ3) is 3.73. The number of H-pyrrole nitrogens is 1. The van der Waals surface area contributed by atoms with Gasteiger partial charge in [-0.2, -0.15) is 15.3 Å². The Balaban J connectivity index is 1.41. The molecule has 0 bridgehead atoms. The number of carbonyl (C=O) groups excluding carboxylic acids is 1. The third-order valence-corrected chi connectivity index (χ3v) is 6.92. The van der Waals surface area contributed by atoms with Crippen molar-refractivity contribution in [2.24, 2.45) is 5.92 Å². The Morgan fingerprint density at radius 1 is 1.20 bits per heavy atom. The predicted octanol–water partition coefficient (Wildman–Crippen LogP) is 4.64. The second kappa shape index (κ2) is 8.40. The Kier molecular flexibility index (Phi) is 5.07. The maximum absolute atomic E-state index is 13.6. The molecular formula is C26H24N8O. The Labute approximate surface area is 202 Å². The first-order valence-corrected chi connectivity index (χ1v) is 11.8. The molecule has 1 aliphatic carbocycles. The lowest BCUT2D eigenvalue weighted by molar-refractivity contribution is -0.119. The quantitative estimate of drug-likeness (QED) is 0.442. The first kappa shape index (κ1) is 21.1. The monoisotopic (exact) mass is 464 g/mol. The molecule has 1 fully saturated rings. The van der Waals surface area contributed by atoms with Gasteiger partial charge in [0.05, 0.1) is 35.2 Å². The molecular weight excluding hydrogens is 440 g/mol. The zero-order valence-corrected chi connectivity index (χ0v) is 19.3. The zero-order valence-electron chi connectivity index (χ0n) is 19.3. The molecule has 1 atom stereocenters. The Hall–Kier alpha value is -4.45. The van der Waals surface area contributed by atoms with Crippen LogP contribution in [0.25, 0.3) is 10.9 Å². The van der Waals surface area contributed by atoms with E-state index in [2.05, 4.69) is 31.5 Å². The van der Waals surface area contributed by atoms with Gasteiger partial charge in [0, 0.05) is 17.6 Å². The average molecular weight is 465 g/mol. The molecule has 0 spiro atoms. The molecule has 0 radical (unpaired) electrons. The van der Waals surface area contributed by atoms with Crippen molar-refractivity contribution in [1.29, 1.82) is 5.26 Å². The molecule has 4 aromatic rings. The van der Waals surface area contributed by atoms with Crippen LogP contribution in [0.3, 0.4) is 0 Å². The van der Waals surface area contributed by atoms with E-state index < -0.39 is 0 Å². The van der Waals surface area contributed by atoms with Crippen LogP contribution in [0.5, 0.6) is 0 Å². The van der Waals surface area contributed by atoms with Gasteiger partial charge in [-0.1, -0.05) is 12.5 Å². The van der Waals surface area contributed by atoms with Gasteiger partial charge in [0.15, 0.2) is 5.82 Å². The third-order valence-electron chi connectivity index (χ3n) is 6.92. The molecule has 2 aromatic heterocycles. The minimum atomic E-state index is -0.390. The minimum absolute atomic E-state index is 0.0540. The molecule has 2 aliphatic rings. The van der Waals surface area contributed by atoms with Crippen LogP contribution >= 0.6 is 0 Å². The smallest absolute Gasteiger partial charge is 0.254 e. The van der Waals surface area contributed by atoms with Crippen LogP contribution in [-0.2, 0) is 4.79 Å². The second-order valence-corrected chi connectivity index (χ2v) is 9.16. The number of anilines is 5. The maximum atomic E-state index is 13.6. The van der Waals surface area contributed by atoms with Crippen LogP contribution in [0, 0.1) is 17.2 Å². The summed E-state index contributed by atoms with van der Waals surface area (Å²) in [5, 5.41) is 20.7. The van der Waals surface area contributed by atoms with Crippen LogP contribution < -0.4 is 15.1 Å². The van der Waals surface area contributed by atoms with Crippen LogP contribution in [-0.4, -0.2) is 38.7 Å². The summed E-state index contributed by atoms with van der Waals surface area (Å²) in [5.74, 6) is 1.67. The summed E-state index contributed by atoms with van der Waals surface area (Å²) in [7, 11) is 0. The van der Waals surface area contributed by atoms with E-state index in [1.165, 1.54) is 19.3 Å². The van der Waals surface area contributed by atoms with Gasteiger partial charge in [-0.15, -0.1) is 0 Å². The molecule has 35 heavy (non-hydrogen) atoms. The molecule has 3 heterocycles. The van der Waals surface area contributed by atoms with E-state index in [0.29, 0.717) is 34.6 Å². The number of nitrogens with zero attached hydrogens (tertiary/aromatic N) is 6. The van der Waals surface area contributed by atoms with E-state index in [4.69, 9.17) is 4.98 Å². The molecule has 9 heteroatoms. The van der Waals surface area contributed by atoms with Gasteiger partial charge in [-0.05, 0) is 62.1 Å². The van der Waals surface area contributed by atoms with Crippen LogP contribution in [0.2, 0.25) is 0 Å². The number of amides is 1. The van der Waals surface area contributed by atoms with E-state index in [1.54, 1.807) is 35.5 Å². The summed E-state index contributed by atoms with van der Waals surface area (Å²) >= 11 is 0. The Bertz CT molecular complexity index is 1470. The average Bonchev–Trinajstić information content (AvgIpc) is 3.32. The van der Waals surface area contributed by atoms with Gasteiger partial charge in [0.1, 0.15) is 11.7 Å². The second-order valence-electron chi connectivity index (χ2n) is 9.16. The fraction of sp³-hybridized carbons (Fsp3) is 0.269. The summed E-state index contributed by atoms with van der Waals surface area (Å²) in [6.07, 6.45) is 7.03. The molecule has 2 N–H and O–H groups in total.